The van der Waals surface area contributed by atoms with E-state index in [0.717, 1.165) is 25.7 Å². The first-order chi connectivity index (χ1) is 8.40. The number of hydrogen-bond donors (Lipinski definition) is 1. The molecule has 5 atom stereocenters. The Morgan fingerprint density at radius 2 is 2.11 bits per heavy atom. The van der Waals surface area contributed by atoms with Crippen molar-refractivity contribution >= 4 is 0 Å². The third-order valence-corrected chi connectivity index (χ3v) is 6.13. The highest BCUT2D eigenvalue weighted by Gasteiger charge is 2.57. The molecule has 102 valence electrons. The Kier molecular flexibility index (Phi) is 3.39. The molecule has 0 aromatic rings. The second-order valence-electron chi connectivity index (χ2n) is 6.80. The fourth-order valence-corrected chi connectivity index (χ4v) is 4.52. The Balaban J connectivity index is 2.40. The standard InChI is InChI=1S/C15H25NO2/c1-10-5-6-12-14(3,11(10)2)8-7-13(16-18)15(12,4)9-17/h11-13,17H,1,5-9H2,2-4H3/t11?,12?,13-,14?,15+/m1/s1. The minimum absolute atomic E-state index is 0.0584. The molecule has 2 saturated carbocycles. The lowest BCUT2D eigenvalue weighted by molar-refractivity contribution is -0.0920. The maximum absolute atomic E-state index is 11.1. The van der Waals surface area contributed by atoms with Gasteiger partial charge in [0.05, 0.1) is 12.6 Å². The average Bonchev–Trinajstić information content (AvgIpc) is 2.36. The molecule has 18 heavy (non-hydrogen) atoms. The van der Waals surface area contributed by atoms with Gasteiger partial charge in [-0.15, -0.1) is 0 Å². The van der Waals surface area contributed by atoms with E-state index in [0.29, 0.717) is 11.8 Å². The van der Waals surface area contributed by atoms with E-state index in [9.17, 15) is 10.0 Å². The van der Waals surface area contributed by atoms with Crippen molar-refractivity contribution in [3.8, 4) is 0 Å². The van der Waals surface area contributed by atoms with Crippen LogP contribution in [-0.2, 0) is 0 Å². The molecule has 0 heterocycles. The normalized spacial score (nSPS) is 48.7. The number of aliphatic hydroxyl groups is 1. The predicted molar refractivity (Wildman–Crippen MR) is 73.1 cm³/mol. The van der Waals surface area contributed by atoms with E-state index < -0.39 is 0 Å². The van der Waals surface area contributed by atoms with Crippen LogP contribution in [0.5, 0.6) is 0 Å². The molecular formula is C15H25NO2. The van der Waals surface area contributed by atoms with Crippen molar-refractivity contribution in [2.75, 3.05) is 6.61 Å². The van der Waals surface area contributed by atoms with Crippen molar-refractivity contribution in [3.63, 3.8) is 0 Å². The van der Waals surface area contributed by atoms with Gasteiger partial charge in [-0.05, 0) is 42.9 Å². The summed E-state index contributed by atoms with van der Waals surface area (Å²) in [7, 11) is 0. The lowest BCUT2D eigenvalue weighted by Crippen LogP contribution is -2.56. The summed E-state index contributed by atoms with van der Waals surface area (Å²) in [6.45, 7) is 10.9. The van der Waals surface area contributed by atoms with Crippen LogP contribution in [0.3, 0.4) is 0 Å². The molecule has 0 aliphatic heterocycles. The van der Waals surface area contributed by atoms with Crippen LogP contribution in [0.4, 0.5) is 0 Å². The van der Waals surface area contributed by atoms with Gasteiger partial charge in [-0.25, -0.2) is 0 Å². The molecular weight excluding hydrogens is 226 g/mol. The molecule has 0 bridgehead atoms. The third kappa shape index (κ3) is 1.67. The fraction of sp³-hybridized carbons (Fsp3) is 0.867. The number of nitrogens with zero attached hydrogens (tertiary/aromatic N) is 1. The Hall–Kier alpha value is -0.700. The van der Waals surface area contributed by atoms with Gasteiger partial charge in [0.2, 0.25) is 0 Å². The SMILES string of the molecule is C=C1CCC2C(C)(CC[C@@H](N=O)[C@@]2(C)CO)C1C. The maximum atomic E-state index is 11.1. The molecule has 3 unspecified atom stereocenters. The number of allylic oxidation sites excluding steroid dienone is 1. The zero-order chi connectivity index (χ0) is 13.6. The maximum Gasteiger partial charge on any atom is 0.0998 e. The zero-order valence-electron chi connectivity index (χ0n) is 11.8. The van der Waals surface area contributed by atoms with E-state index in [1.807, 2.05) is 6.92 Å². The molecule has 2 aliphatic rings. The van der Waals surface area contributed by atoms with E-state index in [1.54, 1.807) is 0 Å². The summed E-state index contributed by atoms with van der Waals surface area (Å²) < 4.78 is 0. The van der Waals surface area contributed by atoms with Gasteiger partial charge in [0, 0.05) is 5.41 Å². The topological polar surface area (TPSA) is 49.7 Å². The van der Waals surface area contributed by atoms with Gasteiger partial charge in [-0.1, -0.05) is 38.1 Å². The van der Waals surface area contributed by atoms with Gasteiger partial charge in [-0.3, -0.25) is 0 Å². The van der Waals surface area contributed by atoms with Crippen LogP contribution >= 0.6 is 0 Å². The van der Waals surface area contributed by atoms with E-state index in [-0.39, 0.29) is 23.5 Å². The van der Waals surface area contributed by atoms with E-state index in [1.165, 1.54) is 5.57 Å². The van der Waals surface area contributed by atoms with Gasteiger partial charge < -0.3 is 5.11 Å². The smallest absolute Gasteiger partial charge is 0.0998 e. The fourth-order valence-electron chi connectivity index (χ4n) is 4.52. The molecule has 3 nitrogen and oxygen atoms in total. The van der Waals surface area contributed by atoms with Crippen LogP contribution in [0.2, 0.25) is 0 Å². The highest BCUT2D eigenvalue weighted by molar-refractivity contribution is 5.17. The molecule has 0 aromatic heterocycles. The van der Waals surface area contributed by atoms with Gasteiger partial charge in [0.25, 0.3) is 0 Å². The number of rotatable bonds is 2. The van der Waals surface area contributed by atoms with Crippen LogP contribution in [0.25, 0.3) is 0 Å². The molecule has 0 saturated heterocycles. The number of fused-ring (bicyclic) bond motifs is 1. The van der Waals surface area contributed by atoms with Crippen molar-refractivity contribution in [1.82, 2.24) is 0 Å². The van der Waals surface area contributed by atoms with Gasteiger partial charge in [0.1, 0.15) is 0 Å². The number of hydrogen-bond acceptors (Lipinski definition) is 3. The quantitative estimate of drug-likeness (QED) is 0.603. The summed E-state index contributed by atoms with van der Waals surface area (Å²) in [4.78, 5) is 11.1. The van der Waals surface area contributed by atoms with Crippen LogP contribution < -0.4 is 0 Å². The van der Waals surface area contributed by atoms with Gasteiger partial charge in [-0.2, -0.15) is 4.91 Å². The molecule has 0 radical (unpaired) electrons. The molecule has 2 fully saturated rings. The lowest BCUT2D eigenvalue weighted by atomic mass is 9.46. The first kappa shape index (κ1) is 13.7. The van der Waals surface area contributed by atoms with Crippen LogP contribution in [-0.4, -0.2) is 17.8 Å². The van der Waals surface area contributed by atoms with Gasteiger partial charge >= 0.3 is 0 Å². The minimum Gasteiger partial charge on any atom is -0.396 e. The van der Waals surface area contributed by atoms with E-state index >= 15 is 0 Å². The number of aliphatic hydroxyl groups excluding tert-OH is 1. The van der Waals surface area contributed by atoms with E-state index in [4.69, 9.17) is 0 Å². The van der Waals surface area contributed by atoms with Gasteiger partial charge in [0.15, 0.2) is 0 Å². The van der Waals surface area contributed by atoms with E-state index in [2.05, 4.69) is 25.6 Å². The van der Waals surface area contributed by atoms with Crippen LogP contribution in [0.1, 0.15) is 46.5 Å². The summed E-state index contributed by atoms with van der Waals surface area (Å²) in [5.74, 6) is 0.835. The first-order valence-electron chi connectivity index (χ1n) is 7.01. The summed E-state index contributed by atoms with van der Waals surface area (Å²) in [5.41, 5.74) is 1.13. The monoisotopic (exact) mass is 251 g/mol. The van der Waals surface area contributed by atoms with Crippen molar-refractivity contribution in [2.45, 2.75) is 52.5 Å². The zero-order valence-corrected chi connectivity index (χ0v) is 11.8. The Morgan fingerprint density at radius 3 is 2.67 bits per heavy atom. The van der Waals surface area contributed by atoms with Crippen molar-refractivity contribution in [1.29, 1.82) is 0 Å². The Morgan fingerprint density at radius 1 is 1.44 bits per heavy atom. The van der Waals surface area contributed by atoms with Crippen molar-refractivity contribution < 1.29 is 5.11 Å². The molecule has 0 spiro atoms. The Bertz CT molecular complexity index is 360. The highest BCUT2D eigenvalue weighted by atomic mass is 16.3. The highest BCUT2D eigenvalue weighted by Crippen LogP contribution is 2.61. The second kappa shape index (κ2) is 4.44. The lowest BCUT2D eigenvalue weighted by Gasteiger charge is -2.58. The van der Waals surface area contributed by atoms with Crippen molar-refractivity contribution in [3.05, 3.63) is 17.1 Å². The second-order valence-corrected chi connectivity index (χ2v) is 6.80. The molecule has 0 aromatic carbocycles. The van der Waals surface area contributed by atoms with Crippen molar-refractivity contribution in [2.24, 2.45) is 27.8 Å². The molecule has 0 amide bonds. The predicted octanol–water partition coefficient (Wildman–Crippen LogP) is 3.52. The van der Waals surface area contributed by atoms with Crippen LogP contribution in [0, 0.1) is 27.6 Å². The third-order valence-electron chi connectivity index (χ3n) is 6.13. The Labute approximate surface area is 110 Å². The molecule has 2 rings (SSSR count). The average molecular weight is 251 g/mol. The summed E-state index contributed by atoms with van der Waals surface area (Å²) in [5, 5.41) is 13.1. The summed E-state index contributed by atoms with van der Waals surface area (Å²) in [6.07, 6.45) is 3.86. The molecule has 2 aliphatic carbocycles. The largest absolute Gasteiger partial charge is 0.396 e. The minimum atomic E-state index is -0.357. The number of nitroso groups, excluding NO2 is 1. The first-order valence-corrected chi connectivity index (χ1v) is 7.01. The molecule has 3 heteroatoms. The summed E-state index contributed by atoms with van der Waals surface area (Å²) in [6, 6.07) is -0.237. The molecule has 1 N–H and O–H groups in total. The van der Waals surface area contributed by atoms with Crippen LogP contribution in [0.15, 0.2) is 17.3 Å². The summed E-state index contributed by atoms with van der Waals surface area (Å²) >= 11 is 0.